The number of carbonyl (C=O) groups is 1. The van der Waals surface area contributed by atoms with E-state index in [1.165, 1.54) is 96.3 Å². The van der Waals surface area contributed by atoms with Crippen molar-refractivity contribution in [3.05, 3.63) is 35.4 Å². The minimum atomic E-state index is -0.472. The molecule has 0 bridgehead atoms. The van der Waals surface area contributed by atoms with E-state index in [0.717, 1.165) is 24.0 Å². The molecule has 3 heteroatoms. The molecule has 186 valence electrons. The molecule has 32 heavy (non-hydrogen) atoms. The second-order valence-corrected chi connectivity index (χ2v) is 10.1. The van der Waals surface area contributed by atoms with Crippen LogP contribution in [0.15, 0.2) is 24.3 Å². The number of Topliss-reactive ketones (excluding diaryl/α,β-unsaturated/α-hetero) is 1. The number of ketones is 1. The van der Waals surface area contributed by atoms with E-state index in [0.29, 0.717) is 6.42 Å². The van der Waals surface area contributed by atoms with E-state index in [1.54, 1.807) is 0 Å². The Morgan fingerprint density at radius 1 is 0.688 bits per heavy atom. The van der Waals surface area contributed by atoms with Crippen molar-refractivity contribution in [3.63, 3.8) is 0 Å². The first-order chi connectivity index (χ1) is 15.0. The van der Waals surface area contributed by atoms with Crippen LogP contribution in [0, 0.1) is 0 Å². The maximum absolute atomic E-state index is 12.6. The Balaban J connectivity index is 0.00000961. The van der Waals surface area contributed by atoms with E-state index in [4.69, 9.17) is 5.73 Å². The maximum Gasteiger partial charge on any atom is 0.163 e. The van der Waals surface area contributed by atoms with Crippen molar-refractivity contribution in [2.24, 2.45) is 5.73 Å². The van der Waals surface area contributed by atoms with E-state index in [9.17, 15) is 4.79 Å². The second kappa shape index (κ2) is 19.6. The van der Waals surface area contributed by atoms with Crippen LogP contribution in [0.4, 0.5) is 0 Å². The number of halogens is 1. The van der Waals surface area contributed by atoms with Crippen molar-refractivity contribution >= 4 is 18.2 Å². The lowest BCUT2D eigenvalue weighted by molar-refractivity contribution is 0.0976. The third-order valence-corrected chi connectivity index (χ3v) is 6.43. The standard InChI is InChI=1S/C29H51NO.ClH/c1-4-5-6-7-8-9-10-11-12-13-14-15-16-17-18-19-20-25-28(31)26-23-21-22-24-27(26)29(2,3)30;/h21-24H,4-20,25,30H2,1-3H3;1H. The van der Waals surface area contributed by atoms with E-state index >= 15 is 0 Å². The number of rotatable bonds is 20. The smallest absolute Gasteiger partial charge is 0.163 e. The molecule has 0 aromatic heterocycles. The van der Waals surface area contributed by atoms with Crippen LogP contribution in [-0.4, -0.2) is 5.78 Å². The molecular weight excluding hydrogens is 414 g/mol. The molecule has 0 fully saturated rings. The zero-order valence-electron chi connectivity index (χ0n) is 21.4. The fourth-order valence-electron chi connectivity index (χ4n) is 4.43. The molecule has 0 aliphatic carbocycles. The summed E-state index contributed by atoms with van der Waals surface area (Å²) in [6, 6.07) is 7.83. The molecule has 1 aromatic rings. The number of carbonyl (C=O) groups excluding carboxylic acids is 1. The molecule has 0 aliphatic heterocycles. The largest absolute Gasteiger partial charge is 0.322 e. The van der Waals surface area contributed by atoms with E-state index < -0.39 is 5.54 Å². The quantitative estimate of drug-likeness (QED) is 0.154. The van der Waals surface area contributed by atoms with Crippen molar-refractivity contribution in [3.8, 4) is 0 Å². The summed E-state index contributed by atoms with van der Waals surface area (Å²) >= 11 is 0. The molecule has 0 saturated carbocycles. The number of unbranched alkanes of at least 4 members (excludes halogenated alkanes) is 16. The molecule has 0 aliphatic rings. The summed E-state index contributed by atoms with van der Waals surface area (Å²) in [5.41, 5.74) is 7.54. The minimum absolute atomic E-state index is 0. The highest BCUT2D eigenvalue weighted by Crippen LogP contribution is 2.23. The lowest BCUT2D eigenvalue weighted by Crippen LogP contribution is -2.30. The Morgan fingerprint density at radius 2 is 1.06 bits per heavy atom. The molecule has 1 rings (SSSR count). The van der Waals surface area contributed by atoms with Gasteiger partial charge in [-0.3, -0.25) is 4.79 Å². The van der Waals surface area contributed by atoms with Crippen molar-refractivity contribution in [2.45, 2.75) is 142 Å². The molecule has 0 saturated heterocycles. The molecule has 1 aromatic carbocycles. The van der Waals surface area contributed by atoms with Gasteiger partial charge < -0.3 is 5.73 Å². The number of benzene rings is 1. The SMILES string of the molecule is CCCCCCCCCCCCCCCCCCCC(=O)c1ccccc1C(C)(C)N.Cl. The predicted octanol–water partition coefficient (Wildman–Crippen LogP) is 9.53. The summed E-state index contributed by atoms with van der Waals surface area (Å²) in [7, 11) is 0. The van der Waals surface area contributed by atoms with Gasteiger partial charge in [-0.05, 0) is 25.8 Å². The average molecular weight is 466 g/mol. The molecule has 0 amide bonds. The van der Waals surface area contributed by atoms with E-state index in [2.05, 4.69) is 6.92 Å². The van der Waals surface area contributed by atoms with Crippen LogP contribution in [0.5, 0.6) is 0 Å². The van der Waals surface area contributed by atoms with Gasteiger partial charge in [-0.15, -0.1) is 12.4 Å². The van der Waals surface area contributed by atoms with Crippen molar-refractivity contribution in [1.29, 1.82) is 0 Å². The van der Waals surface area contributed by atoms with Gasteiger partial charge in [0.25, 0.3) is 0 Å². The first-order valence-corrected chi connectivity index (χ1v) is 13.4. The fourth-order valence-corrected chi connectivity index (χ4v) is 4.43. The Morgan fingerprint density at radius 3 is 1.47 bits per heavy atom. The highest BCUT2D eigenvalue weighted by atomic mass is 35.5. The van der Waals surface area contributed by atoms with Crippen LogP contribution in [0.2, 0.25) is 0 Å². The average Bonchev–Trinajstić information content (AvgIpc) is 2.75. The predicted molar refractivity (Wildman–Crippen MR) is 144 cm³/mol. The zero-order chi connectivity index (χ0) is 22.8. The van der Waals surface area contributed by atoms with Crippen molar-refractivity contribution in [1.82, 2.24) is 0 Å². The van der Waals surface area contributed by atoms with Crippen molar-refractivity contribution < 1.29 is 4.79 Å². The molecule has 0 spiro atoms. The van der Waals surface area contributed by atoms with Crippen LogP contribution in [-0.2, 0) is 5.54 Å². The van der Waals surface area contributed by atoms with Gasteiger partial charge in [0, 0.05) is 17.5 Å². The number of nitrogens with two attached hydrogens (primary N) is 1. The monoisotopic (exact) mass is 465 g/mol. The fraction of sp³-hybridized carbons (Fsp3) is 0.759. The van der Waals surface area contributed by atoms with Crippen LogP contribution in [0.25, 0.3) is 0 Å². The lowest BCUT2D eigenvalue weighted by Gasteiger charge is -2.22. The molecule has 2 N–H and O–H groups in total. The molecule has 0 heterocycles. The van der Waals surface area contributed by atoms with Gasteiger partial charge in [0.2, 0.25) is 0 Å². The molecule has 0 atom stereocenters. The van der Waals surface area contributed by atoms with Crippen LogP contribution in [0.3, 0.4) is 0 Å². The van der Waals surface area contributed by atoms with Gasteiger partial charge in [0.1, 0.15) is 0 Å². The van der Waals surface area contributed by atoms with Crippen molar-refractivity contribution in [2.75, 3.05) is 0 Å². The molecular formula is C29H52ClNO. The summed E-state index contributed by atoms with van der Waals surface area (Å²) in [5.74, 6) is 0.245. The third kappa shape index (κ3) is 15.1. The van der Waals surface area contributed by atoms with Gasteiger partial charge in [0.15, 0.2) is 5.78 Å². The molecule has 0 radical (unpaired) electrons. The van der Waals surface area contributed by atoms with Gasteiger partial charge in [-0.25, -0.2) is 0 Å². The summed E-state index contributed by atoms with van der Waals surface area (Å²) in [6.45, 7) is 6.22. The van der Waals surface area contributed by atoms with Gasteiger partial charge in [-0.1, -0.05) is 134 Å². The Bertz CT molecular complexity index is 579. The van der Waals surface area contributed by atoms with Gasteiger partial charge in [0.05, 0.1) is 0 Å². The first kappa shape index (κ1) is 31.1. The minimum Gasteiger partial charge on any atom is -0.322 e. The summed E-state index contributed by atoms with van der Waals surface area (Å²) < 4.78 is 0. The Hall–Kier alpha value is -0.860. The molecule has 2 nitrogen and oxygen atoms in total. The second-order valence-electron chi connectivity index (χ2n) is 10.1. The number of hydrogen-bond acceptors (Lipinski definition) is 2. The lowest BCUT2D eigenvalue weighted by atomic mass is 9.88. The van der Waals surface area contributed by atoms with Crippen LogP contribution < -0.4 is 5.73 Å². The summed E-state index contributed by atoms with van der Waals surface area (Å²) in [6.07, 6.45) is 23.8. The summed E-state index contributed by atoms with van der Waals surface area (Å²) in [4.78, 5) is 12.6. The normalized spacial score (nSPS) is 11.4. The third-order valence-electron chi connectivity index (χ3n) is 6.43. The Kier molecular flexibility index (Phi) is 19.1. The van der Waals surface area contributed by atoms with E-state index in [-0.39, 0.29) is 18.2 Å². The highest BCUT2D eigenvalue weighted by molar-refractivity contribution is 5.97. The highest BCUT2D eigenvalue weighted by Gasteiger charge is 2.21. The van der Waals surface area contributed by atoms with Crippen LogP contribution >= 0.6 is 12.4 Å². The molecule has 0 unspecified atom stereocenters. The Labute approximate surface area is 205 Å². The van der Waals surface area contributed by atoms with E-state index in [1.807, 2.05) is 38.1 Å². The number of hydrogen-bond donors (Lipinski definition) is 1. The maximum atomic E-state index is 12.6. The first-order valence-electron chi connectivity index (χ1n) is 13.4. The van der Waals surface area contributed by atoms with Gasteiger partial charge >= 0.3 is 0 Å². The topological polar surface area (TPSA) is 43.1 Å². The zero-order valence-corrected chi connectivity index (χ0v) is 22.2. The summed E-state index contributed by atoms with van der Waals surface area (Å²) in [5, 5.41) is 0. The van der Waals surface area contributed by atoms with Gasteiger partial charge in [-0.2, -0.15) is 0 Å². The van der Waals surface area contributed by atoms with Crippen LogP contribution in [0.1, 0.15) is 152 Å².